The van der Waals surface area contributed by atoms with Crippen LogP contribution in [-0.2, 0) is 14.4 Å². The largest absolute Gasteiger partial charge is 0.372 e. The van der Waals surface area contributed by atoms with Gasteiger partial charge in [-0.1, -0.05) is 220 Å². The summed E-state index contributed by atoms with van der Waals surface area (Å²) in [5.41, 5.74) is 0.0591. The minimum Gasteiger partial charge on any atom is -0.372 e. The molecule has 0 radical (unpaired) electrons. The second-order valence-corrected chi connectivity index (χ2v) is 18.7. The number of hydrogen-bond donors (Lipinski definition) is 1. The fourth-order valence-electron chi connectivity index (χ4n) is 8.62. The van der Waals surface area contributed by atoms with Gasteiger partial charge in [0, 0.05) is 26.2 Å². The molecule has 0 aromatic rings. The van der Waals surface area contributed by atoms with Gasteiger partial charge in [-0.15, -0.1) is 0 Å². The first kappa shape index (κ1) is 55.0. The Labute approximate surface area is 385 Å². The molecule has 1 N–H and O–H groups in total. The highest BCUT2D eigenvalue weighted by atomic mass is 32.1. The van der Waals surface area contributed by atoms with Crippen molar-refractivity contribution in [3.8, 4) is 0 Å². The monoisotopic (exact) mass is 887 g/mol. The summed E-state index contributed by atoms with van der Waals surface area (Å²) in [4.78, 5) is 48.9. The predicted molar refractivity (Wildman–Crippen MR) is 264 cm³/mol. The molecule has 0 spiro atoms. The second-order valence-electron chi connectivity index (χ2n) is 18.0. The summed E-state index contributed by atoms with van der Waals surface area (Å²) in [6, 6.07) is 0. The maximum Gasteiger partial charge on any atom is 0.265 e. The molecule has 0 aromatic carbocycles. The zero-order chi connectivity index (χ0) is 44.5. The first-order valence-corrected chi connectivity index (χ1v) is 26.4. The van der Waals surface area contributed by atoms with E-state index in [4.69, 9.17) is 24.4 Å². The van der Waals surface area contributed by atoms with Crippen LogP contribution in [0, 0.1) is 5.92 Å². The van der Waals surface area contributed by atoms with Crippen molar-refractivity contribution >= 4 is 52.4 Å². The van der Waals surface area contributed by atoms with Gasteiger partial charge >= 0.3 is 0 Å². The molecule has 2 saturated heterocycles. The Balaban J connectivity index is 2.22. The van der Waals surface area contributed by atoms with E-state index in [-0.39, 0.29) is 23.3 Å². The third kappa shape index (κ3) is 21.4. The third-order valence-electron chi connectivity index (χ3n) is 12.6. The first-order valence-electron chi connectivity index (χ1n) is 25.6. The Hall–Kier alpha value is -2.17. The Kier molecular flexibility index (Phi) is 31.7. The SMILES string of the molecule is CCCCCCCCCCN1C(=O)C(=C/C=C/C2C(=O)N(CCCCCCCCCC)C(=S)N(CCCCCCCCCC)C2O)C(=O)N(CCCCCCCCCC)C1=S. The molecule has 2 unspecified atom stereocenters. The number of amides is 3. The smallest absolute Gasteiger partial charge is 0.265 e. The molecule has 2 rings (SSSR count). The molecule has 10 heteroatoms. The Morgan fingerprint density at radius 3 is 1.11 bits per heavy atom. The molecule has 2 aliphatic rings. The molecular weight excluding hydrogens is 797 g/mol. The van der Waals surface area contributed by atoms with Crippen molar-refractivity contribution in [2.24, 2.45) is 5.92 Å². The lowest BCUT2D eigenvalue weighted by Gasteiger charge is -2.44. The Morgan fingerprint density at radius 2 is 0.754 bits per heavy atom. The van der Waals surface area contributed by atoms with E-state index in [1.54, 1.807) is 32.9 Å². The van der Waals surface area contributed by atoms with Crippen LogP contribution in [0.1, 0.15) is 233 Å². The predicted octanol–water partition coefficient (Wildman–Crippen LogP) is 13.4. The van der Waals surface area contributed by atoms with Crippen LogP contribution < -0.4 is 0 Å². The molecule has 0 saturated carbocycles. The van der Waals surface area contributed by atoms with E-state index >= 15 is 0 Å². The van der Waals surface area contributed by atoms with Crippen molar-refractivity contribution in [2.75, 3.05) is 26.2 Å². The average molecular weight is 887 g/mol. The topological polar surface area (TPSA) is 84.4 Å². The number of allylic oxidation sites excluding steroid dienone is 2. The first-order chi connectivity index (χ1) is 29.7. The molecule has 350 valence electrons. The van der Waals surface area contributed by atoms with Crippen LogP contribution in [0.25, 0.3) is 0 Å². The quantitative estimate of drug-likeness (QED) is 0.0286. The molecule has 0 aliphatic carbocycles. The number of rotatable bonds is 38. The molecule has 2 heterocycles. The maximum absolute atomic E-state index is 14.1. The van der Waals surface area contributed by atoms with Crippen molar-refractivity contribution < 1.29 is 19.5 Å². The molecule has 8 nitrogen and oxygen atoms in total. The zero-order valence-electron chi connectivity index (χ0n) is 39.6. The number of thiocarbonyl (C=S) groups is 2. The van der Waals surface area contributed by atoms with E-state index in [2.05, 4.69) is 27.7 Å². The Bertz CT molecular complexity index is 1260. The highest BCUT2D eigenvalue weighted by Gasteiger charge is 2.42. The highest BCUT2D eigenvalue weighted by molar-refractivity contribution is 7.80. The van der Waals surface area contributed by atoms with Crippen LogP contribution in [0.3, 0.4) is 0 Å². The normalized spacial score (nSPS) is 17.6. The standard InChI is InChI=1S/C51H90N4O4S2/c1-5-9-13-17-21-25-29-33-40-52-46(56)44(47(57)53(50(52)60)41-34-30-26-22-18-14-10-6-2)38-37-39-45-48(58)54(42-35-31-27-23-19-15-11-7-3)51(61)55(49(45)59)43-36-32-28-24-20-16-12-8-4/h37-39,44,46,56H,5-36,40-43H2,1-4H3/b38-37+. The summed E-state index contributed by atoms with van der Waals surface area (Å²) >= 11 is 11.8. The summed E-state index contributed by atoms with van der Waals surface area (Å²) < 4.78 is 0. The van der Waals surface area contributed by atoms with Crippen LogP contribution in [-0.4, -0.2) is 85.1 Å². The van der Waals surface area contributed by atoms with Crippen molar-refractivity contribution in [2.45, 2.75) is 239 Å². The van der Waals surface area contributed by atoms with Crippen LogP contribution in [0.5, 0.6) is 0 Å². The molecule has 2 fully saturated rings. The van der Waals surface area contributed by atoms with Gasteiger partial charge in [0.1, 0.15) is 17.7 Å². The highest BCUT2D eigenvalue weighted by Crippen LogP contribution is 2.26. The van der Waals surface area contributed by atoms with E-state index in [9.17, 15) is 19.5 Å². The van der Waals surface area contributed by atoms with Gasteiger partial charge in [0.2, 0.25) is 5.91 Å². The van der Waals surface area contributed by atoms with Gasteiger partial charge in [-0.25, -0.2) is 0 Å². The molecular formula is C51H90N4O4S2. The minimum absolute atomic E-state index is 0.0591. The lowest BCUT2D eigenvalue weighted by molar-refractivity contribution is -0.142. The van der Waals surface area contributed by atoms with Crippen molar-refractivity contribution in [3.05, 3.63) is 23.8 Å². The fraction of sp³-hybridized carbons (Fsp3) is 0.824. The van der Waals surface area contributed by atoms with E-state index in [0.29, 0.717) is 36.4 Å². The number of hydrogen-bond acceptors (Lipinski definition) is 6. The molecule has 3 amide bonds. The average Bonchev–Trinajstić information content (AvgIpc) is 3.25. The van der Waals surface area contributed by atoms with Crippen LogP contribution in [0.15, 0.2) is 23.8 Å². The number of aliphatic hydroxyl groups excluding tert-OH is 1. The van der Waals surface area contributed by atoms with Gasteiger partial charge < -0.3 is 10.0 Å². The lowest BCUT2D eigenvalue weighted by atomic mass is 9.99. The number of carbonyl (C=O) groups is 3. The van der Waals surface area contributed by atoms with Crippen molar-refractivity contribution in [1.82, 2.24) is 19.6 Å². The van der Waals surface area contributed by atoms with Crippen molar-refractivity contribution in [1.29, 1.82) is 0 Å². The van der Waals surface area contributed by atoms with E-state index in [1.165, 1.54) is 128 Å². The Morgan fingerprint density at radius 1 is 0.443 bits per heavy atom. The van der Waals surface area contributed by atoms with Crippen molar-refractivity contribution in [3.63, 3.8) is 0 Å². The van der Waals surface area contributed by atoms with Gasteiger partial charge in [0.15, 0.2) is 10.2 Å². The summed E-state index contributed by atoms with van der Waals surface area (Å²) in [6.07, 6.45) is 40.7. The van der Waals surface area contributed by atoms with Gasteiger partial charge in [-0.2, -0.15) is 0 Å². The van der Waals surface area contributed by atoms with Gasteiger partial charge in [-0.3, -0.25) is 29.1 Å². The maximum atomic E-state index is 14.1. The molecule has 0 bridgehead atoms. The van der Waals surface area contributed by atoms with Crippen LogP contribution in [0.4, 0.5) is 0 Å². The lowest BCUT2D eigenvalue weighted by Crippen LogP contribution is -2.61. The molecule has 2 atom stereocenters. The van der Waals surface area contributed by atoms with Crippen LogP contribution in [0.2, 0.25) is 0 Å². The summed E-state index contributed by atoms with van der Waals surface area (Å²) in [7, 11) is 0. The minimum atomic E-state index is -1.11. The summed E-state index contributed by atoms with van der Waals surface area (Å²) in [5.74, 6) is -1.85. The fourth-order valence-corrected chi connectivity index (χ4v) is 9.35. The second kappa shape index (κ2) is 35.2. The van der Waals surface area contributed by atoms with E-state index < -0.39 is 12.1 Å². The number of carbonyl (C=O) groups excluding carboxylic acids is 3. The number of aliphatic hydroxyl groups is 1. The van der Waals surface area contributed by atoms with Crippen LogP contribution >= 0.6 is 24.4 Å². The van der Waals surface area contributed by atoms with Gasteiger partial charge in [0.25, 0.3) is 11.8 Å². The summed E-state index contributed by atoms with van der Waals surface area (Å²) in [6.45, 7) is 11.0. The van der Waals surface area contributed by atoms with E-state index in [0.717, 1.165) is 77.0 Å². The number of unbranched alkanes of at least 4 members (excludes halogenated alkanes) is 28. The van der Waals surface area contributed by atoms with Gasteiger partial charge in [0.05, 0.1) is 0 Å². The zero-order valence-corrected chi connectivity index (χ0v) is 41.3. The third-order valence-corrected chi connectivity index (χ3v) is 13.5. The molecule has 0 aromatic heterocycles. The molecule has 2 aliphatic heterocycles. The summed E-state index contributed by atoms with van der Waals surface area (Å²) in [5, 5.41) is 12.4. The number of nitrogens with zero attached hydrogens (tertiary/aromatic N) is 4. The van der Waals surface area contributed by atoms with E-state index in [1.807, 2.05) is 4.90 Å². The molecule has 61 heavy (non-hydrogen) atoms. The van der Waals surface area contributed by atoms with Gasteiger partial charge in [-0.05, 0) is 56.2 Å².